The third-order valence-electron chi connectivity index (χ3n) is 6.92. The summed E-state index contributed by atoms with van der Waals surface area (Å²) in [4.78, 5) is 25.8. The van der Waals surface area contributed by atoms with E-state index in [0.717, 1.165) is 12.3 Å². The fourth-order valence-corrected chi connectivity index (χ4v) is 5.19. The molecule has 190 valence electrons. The lowest BCUT2D eigenvalue weighted by molar-refractivity contribution is -0.248. The molecule has 0 radical (unpaired) electrons. The van der Waals surface area contributed by atoms with Crippen LogP contribution in [0, 0.1) is 0 Å². The van der Waals surface area contributed by atoms with Crippen molar-refractivity contribution in [2.75, 3.05) is 0 Å². The minimum atomic E-state index is -3.26. The van der Waals surface area contributed by atoms with Crippen molar-refractivity contribution in [1.29, 1.82) is 0 Å². The molecule has 1 aliphatic heterocycles. The standard InChI is InChI=1S/C28H25FN2O6/c29-28(31-17-16-21(32)30-26(31)36)24(34)22(33)23(37-28)25(35)27(18-10-4-1-5-11-18,19-12-6-2-7-13-19)20-14-8-3-9-15-20/h1-17,22-25,33-35H,(H,30,32,36)/t22-,23+,24-,25?,28+/m1/s1. The summed E-state index contributed by atoms with van der Waals surface area (Å²) in [5.41, 5.74) is -1.45. The fourth-order valence-electron chi connectivity index (χ4n) is 5.19. The highest BCUT2D eigenvalue weighted by Gasteiger charge is 2.62. The molecule has 8 nitrogen and oxygen atoms in total. The zero-order valence-electron chi connectivity index (χ0n) is 19.5. The number of nitrogens with zero attached hydrogens (tertiary/aromatic N) is 1. The number of rotatable bonds is 6. The summed E-state index contributed by atoms with van der Waals surface area (Å²) in [6.45, 7) is 0. The predicted molar refractivity (Wildman–Crippen MR) is 133 cm³/mol. The molecule has 0 amide bonds. The highest BCUT2D eigenvalue weighted by molar-refractivity contribution is 5.52. The monoisotopic (exact) mass is 504 g/mol. The van der Waals surface area contributed by atoms with Crippen molar-refractivity contribution in [2.45, 2.75) is 35.8 Å². The molecule has 37 heavy (non-hydrogen) atoms. The summed E-state index contributed by atoms with van der Waals surface area (Å²) in [5, 5.41) is 33.9. The quantitative estimate of drug-likeness (QED) is 0.296. The predicted octanol–water partition coefficient (Wildman–Crippen LogP) is 1.63. The molecule has 0 saturated carbocycles. The number of H-pyrrole nitrogens is 1. The van der Waals surface area contributed by atoms with Crippen LogP contribution >= 0.6 is 0 Å². The van der Waals surface area contributed by atoms with Crippen LogP contribution in [0.25, 0.3) is 0 Å². The van der Waals surface area contributed by atoms with Crippen molar-refractivity contribution < 1.29 is 24.4 Å². The van der Waals surface area contributed by atoms with E-state index in [1.807, 2.05) is 23.2 Å². The molecule has 5 atom stereocenters. The summed E-state index contributed by atoms with van der Waals surface area (Å²) in [6.07, 6.45) is -6.71. The minimum Gasteiger partial charge on any atom is -0.389 e. The SMILES string of the molecule is O=c1ccn([C@]2(F)O[C@H](C(O)C(c3ccccc3)(c3ccccc3)c3ccccc3)[C@@H](O)[C@H]2O)c(=O)[nH]1. The smallest absolute Gasteiger partial charge is 0.332 e. The Kier molecular flexibility index (Phi) is 6.38. The van der Waals surface area contributed by atoms with Crippen molar-refractivity contribution in [1.82, 2.24) is 9.55 Å². The number of benzene rings is 3. The highest BCUT2D eigenvalue weighted by Crippen LogP contribution is 2.47. The molecule has 0 aliphatic carbocycles. The van der Waals surface area contributed by atoms with Crippen molar-refractivity contribution in [3.63, 3.8) is 0 Å². The fraction of sp³-hybridized carbons (Fsp3) is 0.214. The number of aliphatic hydroxyl groups excluding tert-OH is 3. The molecule has 1 aliphatic rings. The van der Waals surface area contributed by atoms with Gasteiger partial charge in [0.15, 0.2) is 6.10 Å². The zero-order chi connectivity index (χ0) is 26.2. The maximum Gasteiger partial charge on any atom is 0.332 e. The van der Waals surface area contributed by atoms with Crippen LogP contribution in [0.15, 0.2) is 113 Å². The van der Waals surface area contributed by atoms with Crippen molar-refractivity contribution in [3.8, 4) is 0 Å². The van der Waals surface area contributed by atoms with Gasteiger partial charge in [-0.15, -0.1) is 0 Å². The third-order valence-corrected chi connectivity index (χ3v) is 6.92. The zero-order valence-corrected chi connectivity index (χ0v) is 19.5. The number of hydrogen-bond acceptors (Lipinski definition) is 6. The highest BCUT2D eigenvalue weighted by atomic mass is 19.2. The van der Waals surface area contributed by atoms with Crippen LogP contribution < -0.4 is 11.2 Å². The molecule has 3 aromatic carbocycles. The first-order valence-electron chi connectivity index (χ1n) is 11.7. The van der Waals surface area contributed by atoms with E-state index in [4.69, 9.17) is 4.74 Å². The van der Waals surface area contributed by atoms with E-state index < -0.39 is 47.1 Å². The molecule has 5 rings (SSSR count). The van der Waals surface area contributed by atoms with E-state index in [9.17, 15) is 24.9 Å². The average molecular weight is 505 g/mol. The van der Waals surface area contributed by atoms with Crippen LogP contribution in [0.5, 0.6) is 0 Å². The number of ether oxygens (including phenoxy) is 1. The van der Waals surface area contributed by atoms with Gasteiger partial charge in [0, 0.05) is 12.3 Å². The second kappa shape index (κ2) is 9.53. The van der Waals surface area contributed by atoms with Crippen LogP contribution in [-0.2, 0) is 16.1 Å². The molecule has 4 aromatic rings. The lowest BCUT2D eigenvalue weighted by Gasteiger charge is -2.42. The number of alkyl halides is 1. The Labute approximate surface area is 210 Å². The molecule has 1 saturated heterocycles. The molecule has 1 aromatic heterocycles. The lowest BCUT2D eigenvalue weighted by Crippen LogP contribution is -2.52. The Balaban J connectivity index is 1.71. The second-order valence-electron chi connectivity index (χ2n) is 8.96. The second-order valence-corrected chi connectivity index (χ2v) is 8.96. The third kappa shape index (κ3) is 3.93. The summed E-state index contributed by atoms with van der Waals surface area (Å²) in [7, 11) is 0. The van der Waals surface area contributed by atoms with Crippen molar-refractivity contribution in [3.05, 3.63) is 141 Å². The molecule has 0 bridgehead atoms. The Bertz CT molecular complexity index is 1380. The molecule has 4 N–H and O–H groups in total. The van der Waals surface area contributed by atoms with E-state index in [-0.39, 0.29) is 0 Å². The van der Waals surface area contributed by atoms with Gasteiger partial charge in [-0.3, -0.25) is 9.78 Å². The van der Waals surface area contributed by atoms with Crippen molar-refractivity contribution in [2.24, 2.45) is 0 Å². The van der Waals surface area contributed by atoms with E-state index in [2.05, 4.69) is 0 Å². The number of hydrogen-bond donors (Lipinski definition) is 4. The number of aromatic amines is 1. The molecule has 1 unspecified atom stereocenters. The molecule has 1 fully saturated rings. The van der Waals surface area contributed by atoms with E-state index >= 15 is 4.39 Å². The molecular formula is C28H25FN2O6. The summed E-state index contributed by atoms with van der Waals surface area (Å²) >= 11 is 0. The largest absolute Gasteiger partial charge is 0.389 e. The number of nitrogens with one attached hydrogen (secondary N) is 1. The topological polar surface area (TPSA) is 125 Å². The van der Waals surface area contributed by atoms with Gasteiger partial charge >= 0.3 is 11.7 Å². The van der Waals surface area contributed by atoms with Crippen LogP contribution in [0.3, 0.4) is 0 Å². The maximum absolute atomic E-state index is 16.2. The van der Waals surface area contributed by atoms with Gasteiger partial charge in [-0.25, -0.2) is 9.36 Å². The Morgan fingerprint density at radius 3 is 1.73 bits per heavy atom. The van der Waals surface area contributed by atoms with Gasteiger partial charge in [-0.05, 0) is 16.7 Å². The van der Waals surface area contributed by atoms with Gasteiger partial charge in [-0.1, -0.05) is 91.0 Å². The first kappa shape index (κ1) is 24.8. The first-order valence-corrected chi connectivity index (χ1v) is 11.7. The van der Waals surface area contributed by atoms with E-state index in [0.29, 0.717) is 21.3 Å². The Hall–Kier alpha value is -3.89. The number of aromatic nitrogens is 2. The van der Waals surface area contributed by atoms with E-state index in [1.165, 1.54) is 0 Å². The van der Waals surface area contributed by atoms with Crippen LogP contribution in [-0.4, -0.2) is 49.3 Å². The van der Waals surface area contributed by atoms with E-state index in [1.54, 1.807) is 72.8 Å². The first-order chi connectivity index (χ1) is 17.8. The van der Waals surface area contributed by atoms with Crippen LogP contribution in [0.1, 0.15) is 16.7 Å². The van der Waals surface area contributed by atoms with Crippen molar-refractivity contribution >= 4 is 0 Å². The van der Waals surface area contributed by atoms with Gasteiger partial charge in [-0.2, -0.15) is 4.39 Å². The number of halogens is 1. The van der Waals surface area contributed by atoms with Crippen LogP contribution in [0.2, 0.25) is 0 Å². The number of aliphatic hydroxyl groups is 3. The normalized spacial score (nSPS) is 24.6. The molecule has 0 spiro atoms. The molecule has 9 heteroatoms. The summed E-state index contributed by atoms with van der Waals surface area (Å²) < 4.78 is 22.1. The maximum atomic E-state index is 16.2. The Morgan fingerprint density at radius 2 is 1.30 bits per heavy atom. The van der Waals surface area contributed by atoms with Gasteiger partial charge in [0.05, 0.1) is 5.41 Å². The summed E-state index contributed by atoms with van der Waals surface area (Å²) in [5.74, 6) is -3.26. The van der Waals surface area contributed by atoms with Crippen LogP contribution in [0.4, 0.5) is 4.39 Å². The molecule has 2 heterocycles. The Morgan fingerprint density at radius 1 is 0.838 bits per heavy atom. The van der Waals surface area contributed by atoms with Gasteiger partial charge in [0.1, 0.15) is 18.3 Å². The lowest BCUT2D eigenvalue weighted by atomic mass is 9.64. The average Bonchev–Trinajstić information content (AvgIpc) is 3.15. The minimum absolute atomic E-state index is 0.351. The summed E-state index contributed by atoms with van der Waals surface area (Å²) in [6, 6.07) is 27.9. The van der Waals surface area contributed by atoms with Gasteiger partial charge < -0.3 is 20.1 Å². The molecular weight excluding hydrogens is 479 g/mol. The van der Waals surface area contributed by atoms with Gasteiger partial charge in [0.2, 0.25) is 0 Å². The van der Waals surface area contributed by atoms with Gasteiger partial charge in [0.25, 0.3) is 5.56 Å².